The van der Waals surface area contributed by atoms with E-state index in [1.54, 1.807) is 11.3 Å². The Balaban J connectivity index is 2.03. The third-order valence-corrected chi connectivity index (χ3v) is 4.66. The van der Waals surface area contributed by atoms with Gasteiger partial charge in [-0.1, -0.05) is 6.92 Å². The fraction of sp³-hybridized carbons (Fsp3) is 0.750. The van der Waals surface area contributed by atoms with Gasteiger partial charge in [0.2, 0.25) is 0 Å². The van der Waals surface area contributed by atoms with Crippen molar-refractivity contribution in [2.24, 2.45) is 5.73 Å². The van der Waals surface area contributed by atoms with Crippen molar-refractivity contribution in [1.29, 1.82) is 0 Å². The highest BCUT2D eigenvalue weighted by Gasteiger charge is 2.24. The van der Waals surface area contributed by atoms with Crippen LogP contribution in [0.3, 0.4) is 0 Å². The van der Waals surface area contributed by atoms with E-state index >= 15 is 0 Å². The molecular weight excluding hydrogens is 232 g/mol. The van der Waals surface area contributed by atoms with Crippen molar-refractivity contribution in [2.45, 2.75) is 32.9 Å². The van der Waals surface area contributed by atoms with Crippen LogP contribution in [0.1, 0.15) is 31.7 Å². The molecule has 0 saturated carbocycles. The molecule has 4 nitrogen and oxygen atoms in total. The van der Waals surface area contributed by atoms with E-state index in [-0.39, 0.29) is 6.04 Å². The Bertz CT molecular complexity index is 363. The molecule has 0 bridgehead atoms. The Hall–Kier alpha value is -0.650. The number of nitrogens with two attached hydrogens (primary N) is 1. The molecule has 1 aromatic rings. The van der Waals surface area contributed by atoms with Crippen LogP contribution in [0, 0.1) is 0 Å². The molecule has 2 N–H and O–H groups in total. The largest absolute Gasteiger partial charge is 0.345 e. The molecule has 2 unspecified atom stereocenters. The fourth-order valence-corrected chi connectivity index (χ4v) is 3.17. The van der Waals surface area contributed by atoms with Gasteiger partial charge in [0.05, 0.1) is 0 Å². The van der Waals surface area contributed by atoms with E-state index in [1.807, 2.05) is 13.1 Å². The van der Waals surface area contributed by atoms with Crippen molar-refractivity contribution < 1.29 is 0 Å². The van der Waals surface area contributed by atoms with Gasteiger partial charge in [0, 0.05) is 42.8 Å². The molecule has 0 radical (unpaired) electrons. The van der Waals surface area contributed by atoms with Gasteiger partial charge in [0.1, 0.15) is 0 Å². The molecule has 17 heavy (non-hydrogen) atoms. The van der Waals surface area contributed by atoms with Crippen molar-refractivity contribution >= 4 is 16.5 Å². The summed E-state index contributed by atoms with van der Waals surface area (Å²) >= 11 is 1.73. The van der Waals surface area contributed by atoms with Crippen LogP contribution in [0.25, 0.3) is 0 Å². The van der Waals surface area contributed by atoms with Crippen molar-refractivity contribution in [3.63, 3.8) is 0 Å². The van der Waals surface area contributed by atoms with E-state index in [0.717, 1.165) is 31.3 Å². The number of anilines is 1. The van der Waals surface area contributed by atoms with Crippen LogP contribution in [0.4, 0.5) is 5.13 Å². The molecule has 1 aromatic heterocycles. The highest BCUT2D eigenvalue weighted by atomic mass is 32.1. The molecular formula is C12H22N4S. The molecule has 1 saturated heterocycles. The molecule has 0 spiro atoms. The molecule has 1 aliphatic heterocycles. The summed E-state index contributed by atoms with van der Waals surface area (Å²) in [7, 11) is 0. The van der Waals surface area contributed by atoms with Crippen molar-refractivity contribution in [3.05, 3.63) is 11.1 Å². The number of hydrogen-bond acceptors (Lipinski definition) is 5. The predicted molar refractivity (Wildman–Crippen MR) is 73.6 cm³/mol. The Morgan fingerprint density at radius 2 is 2.35 bits per heavy atom. The van der Waals surface area contributed by atoms with E-state index in [2.05, 4.69) is 28.6 Å². The summed E-state index contributed by atoms with van der Waals surface area (Å²) in [4.78, 5) is 10.6. The minimum atomic E-state index is 0.0932. The zero-order valence-corrected chi connectivity index (χ0v) is 11.7. The summed E-state index contributed by atoms with van der Waals surface area (Å²) in [6.45, 7) is 10.9. The summed E-state index contributed by atoms with van der Waals surface area (Å²) in [6.07, 6.45) is 1.92. The monoisotopic (exact) mass is 254 g/mol. The van der Waals surface area contributed by atoms with Crippen LogP contribution in [-0.4, -0.2) is 42.1 Å². The Labute approximate surface area is 107 Å². The number of thiazole rings is 1. The molecule has 96 valence electrons. The molecule has 0 amide bonds. The average Bonchev–Trinajstić information content (AvgIpc) is 2.78. The SMILES string of the molecule is CCN1CCN(c2ncc(C(C)N)s2)CC1C. The number of piperazine rings is 1. The lowest BCUT2D eigenvalue weighted by atomic mass is 10.2. The van der Waals surface area contributed by atoms with Crippen LogP contribution in [0.15, 0.2) is 6.20 Å². The number of rotatable bonds is 3. The molecule has 0 aliphatic carbocycles. The van der Waals surface area contributed by atoms with Gasteiger partial charge < -0.3 is 10.6 Å². The molecule has 1 aliphatic rings. The summed E-state index contributed by atoms with van der Waals surface area (Å²) < 4.78 is 0. The van der Waals surface area contributed by atoms with E-state index in [0.29, 0.717) is 6.04 Å². The lowest BCUT2D eigenvalue weighted by Gasteiger charge is -2.39. The van der Waals surface area contributed by atoms with Crippen molar-refractivity contribution in [3.8, 4) is 0 Å². The summed E-state index contributed by atoms with van der Waals surface area (Å²) in [5, 5.41) is 1.12. The highest BCUT2D eigenvalue weighted by Crippen LogP contribution is 2.27. The van der Waals surface area contributed by atoms with Gasteiger partial charge in [-0.05, 0) is 20.4 Å². The predicted octanol–water partition coefficient (Wildman–Crippen LogP) is 1.69. The smallest absolute Gasteiger partial charge is 0.185 e. The fourth-order valence-electron chi connectivity index (χ4n) is 2.27. The zero-order chi connectivity index (χ0) is 12.4. The number of aromatic nitrogens is 1. The van der Waals surface area contributed by atoms with Crippen LogP contribution >= 0.6 is 11.3 Å². The zero-order valence-electron chi connectivity index (χ0n) is 10.9. The quantitative estimate of drug-likeness (QED) is 0.891. The Kier molecular flexibility index (Phi) is 4.01. The van der Waals surface area contributed by atoms with Gasteiger partial charge in [-0.25, -0.2) is 4.98 Å². The first-order valence-electron chi connectivity index (χ1n) is 6.32. The second-order valence-corrected chi connectivity index (χ2v) is 5.80. The maximum atomic E-state index is 5.87. The molecule has 1 fully saturated rings. The summed E-state index contributed by atoms with van der Waals surface area (Å²) in [6, 6.07) is 0.701. The second-order valence-electron chi connectivity index (χ2n) is 4.76. The minimum absolute atomic E-state index is 0.0932. The van der Waals surface area contributed by atoms with E-state index in [4.69, 9.17) is 5.73 Å². The van der Waals surface area contributed by atoms with Crippen molar-refractivity contribution in [2.75, 3.05) is 31.1 Å². The summed E-state index contributed by atoms with van der Waals surface area (Å²) in [5.74, 6) is 0. The lowest BCUT2D eigenvalue weighted by molar-refractivity contribution is 0.199. The maximum Gasteiger partial charge on any atom is 0.185 e. The van der Waals surface area contributed by atoms with Gasteiger partial charge in [0.25, 0.3) is 0 Å². The highest BCUT2D eigenvalue weighted by molar-refractivity contribution is 7.15. The first-order valence-corrected chi connectivity index (χ1v) is 7.13. The number of likely N-dealkylation sites (N-methyl/N-ethyl adjacent to an activating group) is 1. The topological polar surface area (TPSA) is 45.4 Å². The second kappa shape index (κ2) is 5.33. The van der Waals surface area contributed by atoms with E-state index < -0.39 is 0 Å². The van der Waals surface area contributed by atoms with Gasteiger partial charge in [-0.2, -0.15) is 0 Å². The van der Waals surface area contributed by atoms with E-state index in [9.17, 15) is 0 Å². The maximum absolute atomic E-state index is 5.87. The third-order valence-electron chi connectivity index (χ3n) is 3.40. The number of nitrogens with zero attached hydrogens (tertiary/aromatic N) is 3. The van der Waals surface area contributed by atoms with Crippen LogP contribution < -0.4 is 10.6 Å². The average molecular weight is 254 g/mol. The van der Waals surface area contributed by atoms with Crippen LogP contribution in [0.5, 0.6) is 0 Å². The van der Waals surface area contributed by atoms with Crippen molar-refractivity contribution in [1.82, 2.24) is 9.88 Å². The molecule has 2 rings (SSSR count). The normalized spacial score (nSPS) is 24.0. The summed E-state index contributed by atoms with van der Waals surface area (Å²) in [5.41, 5.74) is 5.87. The lowest BCUT2D eigenvalue weighted by Crippen LogP contribution is -2.51. The standard InChI is InChI=1S/C12H22N4S/c1-4-15-5-6-16(8-9(15)2)12-14-7-11(17-12)10(3)13/h7,9-10H,4-6,8,13H2,1-3H3. The minimum Gasteiger partial charge on any atom is -0.345 e. The number of hydrogen-bond donors (Lipinski definition) is 1. The Morgan fingerprint density at radius 3 is 2.88 bits per heavy atom. The van der Waals surface area contributed by atoms with Gasteiger partial charge in [0.15, 0.2) is 5.13 Å². The Morgan fingerprint density at radius 1 is 1.59 bits per heavy atom. The molecule has 5 heteroatoms. The first kappa shape index (κ1) is 12.8. The molecule has 2 heterocycles. The molecule has 0 aromatic carbocycles. The van der Waals surface area contributed by atoms with Gasteiger partial charge in [-0.15, -0.1) is 11.3 Å². The van der Waals surface area contributed by atoms with Gasteiger partial charge >= 0.3 is 0 Å². The van der Waals surface area contributed by atoms with Gasteiger partial charge in [-0.3, -0.25) is 4.90 Å². The first-order chi connectivity index (χ1) is 8.11. The molecule has 2 atom stereocenters. The van der Waals surface area contributed by atoms with Crippen LogP contribution in [-0.2, 0) is 0 Å². The van der Waals surface area contributed by atoms with Crippen LogP contribution in [0.2, 0.25) is 0 Å². The third kappa shape index (κ3) is 2.78. The van der Waals surface area contributed by atoms with E-state index in [1.165, 1.54) is 4.88 Å².